The van der Waals surface area contributed by atoms with Gasteiger partial charge in [-0.2, -0.15) is 0 Å². The average molecular weight is 510 g/mol. The number of aromatic nitrogens is 3. The minimum Gasteiger partial charge on any atom is -0.480 e. The van der Waals surface area contributed by atoms with Crippen LogP contribution in [0.5, 0.6) is 5.88 Å². The molecule has 1 fully saturated rings. The topological polar surface area (TPSA) is 64.3 Å². The van der Waals surface area contributed by atoms with Crippen LogP contribution in [0.25, 0.3) is 28.1 Å². The van der Waals surface area contributed by atoms with Crippen molar-refractivity contribution >= 4 is 34.0 Å². The fraction of sp³-hybridized carbons (Fsp3) is 0.233. The highest BCUT2D eigenvalue weighted by Crippen LogP contribution is 2.32. The Morgan fingerprint density at radius 1 is 0.946 bits per heavy atom. The van der Waals surface area contributed by atoms with Crippen LogP contribution in [-0.2, 0) is 0 Å². The highest BCUT2D eigenvalue weighted by molar-refractivity contribution is 6.30. The van der Waals surface area contributed by atoms with Gasteiger partial charge in [-0.3, -0.25) is 4.99 Å². The maximum absolute atomic E-state index is 6.43. The third kappa shape index (κ3) is 4.77. The number of hydrogen-bond donors (Lipinski definition) is 1. The number of pyridine rings is 1. The maximum Gasteiger partial charge on any atom is 0.237 e. The van der Waals surface area contributed by atoms with Crippen LogP contribution in [0.3, 0.4) is 0 Å². The summed E-state index contributed by atoms with van der Waals surface area (Å²) in [6, 6.07) is 24.5. The molecule has 2 aliphatic carbocycles. The van der Waals surface area contributed by atoms with Gasteiger partial charge in [-0.25, -0.2) is 9.97 Å². The monoisotopic (exact) mass is 509 g/mol. The first kappa shape index (κ1) is 23.5. The van der Waals surface area contributed by atoms with Gasteiger partial charge in [0.1, 0.15) is 5.69 Å². The van der Waals surface area contributed by atoms with E-state index in [0.29, 0.717) is 16.9 Å². The van der Waals surface area contributed by atoms with Crippen molar-refractivity contribution in [2.75, 3.05) is 12.4 Å². The molecule has 6 rings (SSSR count). The van der Waals surface area contributed by atoms with Crippen molar-refractivity contribution in [3.8, 4) is 23.0 Å². The second-order valence-corrected chi connectivity index (χ2v) is 9.82. The lowest BCUT2D eigenvalue weighted by atomic mass is 9.96. The van der Waals surface area contributed by atoms with Crippen LogP contribution >= 0.6 is 11.6 Å². The zero-order valence-electron chi connectivity index (χ0n) is 20.7. The Morgan fingerprint density at radius 2 is 1.81 bits per heavy atom. The number of nitrogens with zero attached hydrogens (tertiary/aromatic N) is 4. The number of anilines is 2. The maximum atomic E-state index is 6.43. The van der Waals surface area contributed by atoms with Crippen LogP contribution in [0.15, 0.2) is 84.0 Å². The van der Waals surface area contributed by atoms with Crippen molar-refractivity contribution in [2.45, 2.75) is 38.1 Å². The molecular weight excluding hydrogens is 482 g/mol. The zero-order chi connectivity index (χ0) is 25.2. The second-order valence-electron chi connectivity index (χ2n) is 9.38. The first-order chi connectivity index (χ1) is 18.2. The third-order valence-corrected chi connectivity index (χ3v) is 7.13. The van der Waals surface area contributed by atoms with Crippen molar-refractivity contribution in [1.29, 1.82) is 0 Å². The van der Waals surface area contributed by atoms with Crippen molar-refractivity contribution in [1.82, 2.24) is 14.5 Å². The molecular formula is C30H28ClN5O. The quantitative estimate of drug-likeness (QED) is 0.255. The Morgan fingerprint density at radius 3 is 2.65 bits per heavy atom. The minimum atomic E-state index is 0.301. The molecule has 0 bridgehead atoms. The van der Waals surface area contributed by atoms with E-state index in [1.165, 1.54) is 19.3 Å². The summed E-state index contributed by atoms with van der Waals surface area (Å²) in [4.78, 5) is 14.7. The summed E-state index contributed by atoms with van der Waals surface area (Å²) in [5.41, 5.74) is 6.38. The minimum absolute atomic E-state index is 0.301. The molecule has 7 heteroatoms. The molecule has 3 aliphatic rings. The molecule has 2 heterocycles. The fourth-order valence-corrected chi connectivity index (χ4v) is 5.33. The second kappa shape index (κ2) is 10.2. The van der Waals surface area contributed by atoms with Crippen molar-refractivity contribution in [2.24, 2.45) is 4.99 Å². The van der Waals surface area contributed by atoms with Crippen LogP contribution in [0.2, 0.25) is 5.02 Å². The van der Waals surface area contributed by atoms with Gasteiger partial charge in [0, 0.05) is 16.9 Å². The normalized spacial score (nSPS) is 14.8. The molecule has 6 nitrogen and oxygen atoms in total. The largest absolute Gasteiger partial charge is 0.480 e. The van der Waals surface area contributed by atoms with Gasteiger partial charge in [0.25, 0.3) is 0 Å². The summed E-state index contributed by atoms with van der Waals surface area (Å²) < 4.78 is 7.72. The SMILES string of the molecule is COc1ncccc1Nc1cc2nc3ccccc3n(-c3cccc(Cl)c3)c-2c/c1=N\C1CCCCC1. The number of fused-ring (bicyclic) bond motifs is 2. The van der Waals surface area contributed by atoms with Gasteiger partial charge in [-0.1, -0.05) is 49.1 Å². The molecule has 0 radical (unpaired) electrons. The number of methoxy groups -OCH3 is 1. The van der Waals surface area contributed by atoms with Gasteiger partial charge in [0.15, 0.2) is 0 Å². The summed E-state index contributed by atoms with van der Waals surface area (Å²) in [6.07, 6.45) is 7.66. The highest BCUT2D eigenvalue weighted by atomic mass is 35.5. The predicted molar refractivity (Wildman–Crippen MR) is 149 cm³/mol. The number of hydrogen-bond acceptors (Lipinski definition) is 5. The smallest absolute Gasteiger partial charge is 0.237 e. The molecule has 1 aliphatic heterocycles. The van der Waals surface area contributed by atoms with E-state index in [2.05, 4.69) is 39.1 Å². The Hall–Kier alpha value is -3.90. The lowest BCUT2D eigenvalue weighted by molar-refractivity contribution is 0.400. The molecule has 1 aromatic heterocycles. The van der Waals surface area contributed by atoms with Gasteiger partial charge < -0.3 is 14.6 Å². The number of rotatable bonds is 5. The lowest BCUT2D eigenvalue weighted by Crippen LogP contribution is -2.19. The van der Waals surface area contributed by atoms with E-state index in [1.807, 2.05) is 48.5 Å². The van der Waals surface area contributed by atoms with Crippen molar-refractivity contribution < 1.29 is 4.74 Å². The first-order valence-electron chi connectivity index (χ1n) is 12.7. The highest BCUT2D eigenvalue weighted by Gasteiger charge is 2.19. The van der Waals surface area contributed by atoms with E-state index in [4.69, 9.17) is 26.3 Å². The summed E-state index contributed by atoms with van der Waals surface area (Å²) in [5, 5.41) is 5.13. The molecule has 0 unspecified atom stereocenters. The van der Waals surface area contributed by atoms with Crippen LogP contribution in [0.4, 0.5) is 11.4 Å². The van der Waals surface area contributed by atoms with Crippen LogP contribution < -0.4 is 15.4 Å². The zero-order valence-corrected chi connectivity index (χ0v) is 21.4. The van der Waals surface area contributed by atoms with Crippen molar-refractivity contribution in [3.63, 3.8) is 0 Å². The Balaban J connectivity index is 1.63. The molecule has 0 amide bonds. The van der Waals surface area contributed by atoms with Crippen LogP contribution in [-0.4, -0.2) is 27.7 Å². The number of benzene rings is 3. The van der Waals surface area contributed by atoms with E-state index < -0.39 is 0 Å². The predicted octanol–water partition coefficient (Wildman–Crippen LogP) is 7.16. The van der Waals surface area contributed by atoms with Gasteiger partial charge >= 0.3 is 0 Å². The molecule has 0 atom stereocenters. The molecule has 0 saturated heterocycles. The summed E-state index contributed by atoms with van der Waals surface area (Å²) >= 11 is 6.43. The number of nitrogens with one attached hydrogen (secondary N) is 1. The summed E-state index contributed by atoms with van der Waals surface area (Å²) in [5.74, 6) is 0.534. The molecule has 186 valence electrons. The standard InChI is InChI=1S/C30H28ClN5O/c1-37-30-24(14-8-16-32-30)35-25-18-27-29(19-26(25)33-21-10-3-2-4-11-21)36(22-12-7-9-20(31)17-22)28-15-6-5-13-23(28)34-27/h5-9,12-19,21,35H,2-4,10-11H2,1H3/b33-26+. The number of para-hydroxylation sites is 2. The average Bonchev–Trinajstić information content (AvgIpc) is 2.93. The van der Waals surface area contributed by atoms with Crippen LogP contribution in [0, 0.1) is 0 Å². The van der Waals surface area contributed by atoms with Gasteiger partial charge in [0.2, 0.25) is 5.88 Å². The molecule has 3 aromatic rings. The lowest BCUT2D eigenvalue weighted by Gasteiger charge is -2.22. The van der Waals surface area contributed by atoms with Crippen molar-refractivity contribution in [3.05, 3.63) is 89.4 Å². The fourth-order valence-electron chi connectivity index (χ4n) is 5.14. The van der Waals surface area contributed by atoms with E-state index in [9.17, 15) is 0 Å². The summed E-state index contributed by atoms with van der Waals surface area (Å²) in [6.45, 7) is 0. The molecule has 1 saturated carbocycles. The van der Waals surface area contributed by atoms with E-state index >= 15 is 0 Å². The van der Waals surface area contributed by atoms with Gasteiger partial charge in [-0.05, 0) is 67.4 Å². The molecule has 37 heavy (non-hydrogen) atoms. The Kier molecular flexibility index (Phi) is 6.49. The van der Waals surface area contributed by atoms with E-state index in [1.54, 1.807) is 13.3 Å². The van der Waals surface area contributed by atoms with E-state index in [0.717, 1.165) is 57.7 Å². The van der Waals surface area contributed by atoms with E-state index in [-0.39, 0.29) is 0 Å². The van der Waals surface area contributed by atoms with Gasteiger partial charge in [0.05, 0.1) is 46.6 Å². The Labute approximate surface area is 221 Å². The Bertz CT molecular complexity index is 1610. The number of ether oxygens (including phenoxy) is 1. The summed E-state index contributed by atoms with van der Waals surface area (Å²) in [7, 11) is 1.63. The third-order valence-electron chi connectivity index (χ3n) is 6.89. The molecule has 1 N–H and O–H groups in total. The molecule has 2 aromatic carbocycles. The van der Waals surface area contributed by atoms with Gasteiger partial charge in [-0.15, -0.1) is 0 Å². The first-order valence-corrected chi connectivity index (χ1v) is 13.1. The van der Waals surface area contributed by atoms with Crippen LogP contribution in [0.1, 0.15) is 32.1 Å². The molecule has 0 spiro atoms. The number of halogens is 1.